The van der Waals surface area contributed by atoms with Gasteiger partial charge in [0.15, 0.2) is 16.7 Å². The molecule has 0 amide bonds. The summed E-state index contributed by atoms with van der Waals surface area (Å²) >= 11 is 1.09. The van der Waals surface area contributed by atoms with Gasteiger partial charge in [-0.05, 0) is 26.0 Å². The summed E-state index contributed by atoms with van der Waals surface area (Å²) in [4.78, 5) is 14.8. The molecule has 5 nitrogen and oxygen atoms in total. The lowest BCUT2D eigenvalue weighted by molar-refractivity contribution is -0.133. The highest BCUT2D eigenvalue weighted by Crippen LogP contribution is 2.26. The average molecular weight is 310 g/mol. The monoisotopic (exact) mass is 310 g/mol. The van der Waals surface area contributed by atoms with Crippen LogP contribution in [0.15, 0.2) is 29.6 Å². The molecule has 1 aromatic heterocycles. The first-order chi connectivity index (χ1) is 10.0. The molecule has 0 fully saturated rings. The molecular weight excluding hydrogens is 295 g/mol. The molecule has 21 heavy (non-hydrogen) atoms. The van der Waals surface area contributed by atoms with E-state index in [1.807, 2.05) is 6.92 Å². The Hall–Kier alpha value is -2.02. The first kappa shape index (κ1) is 15.4. The molecule has 0 saturated heterocycles. The standard InChI is InChI=1S/C14H15FN2O3S/c1-3-20-12-5-4-10(6-11(12)15)17-9(2)7-16-14(17)21-8-13(18)19/h4-7H,3,8H2,1-2H3,(H,18,19). The summed E-state index contributed by atoms with van der Waals surface area (Å²) in [5, 5.41) is 9.26. The van der Waals surface area contributed by atoms with Crippen molar-refractivity contribution in [2.24, 2.45) is 0 Å². The fraction of sp³-hybridized carbons (Fsp3) is 0.286. The van der Waals surface area contributed by atoms with Crippen molar-refractivity contribution in [2.75, 3.05) is 12.4 Å². The molecule has 2 aromatic rings. The number of benzene rings is 1. The number of halogens is 1. The Balaban J connectivity index is 2.35. The Kier molecular flexibility index (Phi) is 4.85. The summed E-state index contributed by atoms with van der Waals surface area (Å²) < 4.78 is 20.8. The molecule has 2 rings (SSSR count). The van der Waals surface area contributed by atoms with Gasteiger partial charge in [-0.2, -0.15) is 0 Å². The highest BCUT2D eigenvalue weighted by molar-refractivity contribution is 7.99. The fourth-order valence-electron chi connectivity index (χ4n) is 1.86. The third-order valence-electron chi connectivity index (χ3n) is 2.70. The summed E-state index contributed by atoms with van der Waals surface area (Å²) in [6.07, 6.45) is 1.62. The number of rotatable bonds is 6. The summed E-state index contributed by atoms with van der Waals surface area (Å²) in [6.45, 7) is 4.00. The minimum atomic E-state index is -0.926. The summed E-state index contributed by atoms with van der Waals surface area (Å²) in [7, 11) is 0. The Morgan fingerprint density at radius 1 is 1.52 bits per heavy atom. The number of thioether (sulfide) groups is 1. The van der Waals surface area contributed by atoms with Crippen molar-refractivity contribution in [1.82, 2.24) is 9.55 Å². The van der Waals surface area contributed by atoms with Crippen LogP contribution in [0.4, 0.5) is 4.39 Å². The molecular formula is C14H15FN2O3S. The first-order valence-corrected chi connectivity index (χ1v) is 7.33. The van der Waals surface area contributed by atoms with E-state index in [1.165, 1.54) is 6.07 Å². The van der Waals surface area contributed by atoms with Crippen molar-refractivity contribution in [2.45, 2.75) is 19.0 Å². The molecule has 0 atom stereocenters. The second-order valence-electron chi connectivity index (χ2n) is 4.25. The topological polar surface area (TPSA) is 64.4 Å². The van der Waals surface area contributed by atoms with Gasteiger partial charge < -0.3 is 9.84 Å². The molecule has 0 aliphatic heterocycles. The maximum atomic E-state index is 13.9. The zero-order chi connectivity index (χ0) is 15.4. The molecule has 1 aromatic carbocycles. The largest absolute Gasteiger partial charge is 0.491 e. The highest BCUT2D eigenvalue weighted by Gasteiger charge is 2.13. The van der Waals surface area contributed by atoms with Crippen LogP contribution < -0.4 is 4.74 Å². The fourth-order valence-corrected chi connectivity index (χ4v) is 2.62. The highest BCUT2D eigenvalue weighted by atomic mass is 32.2. The van der Waals surface area contributed by atoms with Gasteiger partial charge in [-0.1, -0.05) is 11.8 Å². The molecule has 0 saturated carbocycles. The number of aromatic nitrogens is 2. The van der Waals surface area contributed by atoms with Crippen molar-refractivity contribution >= 4 is 17.7 Å². The van der Waals surface area contributed by atoms with Crippen molar-refractivity contribution in [3.8, 4) is 11.4 Å². The van der Waals surface area contributed by atoms with Crippen LogP contribution >= 0.6 is 11.8 Å². The van der Waals surface area contributed by atoms with Crippen LogP contribution in [-0.2, 0) is 4.79 Å². The van der Waals surface area contributed by atoms with Crippen LogP contribution in [0.3, 0.4) is 0 Å². The van der Waals surface area contributed by atoms with E-state index in [2.05, 4.69) is 4.98 Å². The van der Waals surface area contributed by atoms with Gasteiger partial charge in [0.25, 0.3) is 0 Å². The van der Waals surface area contributed by atoms with Gasteiger partial charge in [0, 0.05) is 18.0 Å². The number of carboxylic acids is 1. The lowest BCUT2D eigenvalue weighted by Gasteiger charge is -2.11. The molecule has 1 heterocycles. The molecule has 7 heteroatoms. The van der Waals surface area contributed by atoms with E-state index in [0.29, 0.717) is 17.5 Å². The van der Waals surface area contributed by atoms with Crippen LogP contribution in [0.2, 0.25) is 0 Å². The van der Waals surface area contributed by atoms with E-state index in [1.54, 1.807) is 29.8 Å². The number of hydrogen-bond acceptors (Lipinski definition) is 4. The van der Waals surface area contributed by atoms with Gasteiger partial charge in [-0.25, -0.2) is 9.37 Å². The molecule has 0 radical (unpaired) electrons. The molecule has 0 bridgehead atoms. The number of imidazole rings is 1. The van der Waals surface area contributed by atoms with Crippen molar-refractivity contribution in [3.05, 3.63) is 35.9 Å². The molecule has 0 unspecified atom stereocenters. The smallest absolute Gasteiger partial charge is 0.313 e. The molecule has 0 aliphatic rings. The summed E-state index contributed by atoms with van der Waals surface area (Å²) in [5.41, 5.74) is 1.38. The van der Waals surface area contributed by atoms with Crippen molar-refractivity contribution < 1.29 is 19.0 Å². The zero-order valence-corrected chi connectivity index (χ0v) is 12.5. The SMILES string of the molecule is CCOc1ccc(-n2c(C)cnc2SCC(=O)O)cc1F. The predicted molar refractivity (Wildman–Crippen MR) is 77.8 cm³/mol. The Morgan fingerprint density at radius 3 is 2.90 bits per heavy atom. The molecule has 0 aliphatic carbocycles. The lowest BCUT2D eigenvalue weighted by Crippen LogP contribution is -2.04. The van der Waals surface area contributed by atoms with E-state index >= 15 is 0 Å². The molecule has 112 valence electrons. The minimum Gasteiger partial charge on any atom is -0.491 e. The van der Waals surface area contributed by atoms with Gasteiger partial charge in [0.1, 0.15) is 0 Å². The first-order valence-electron chi connectivity index (χ1n) is 6.34. The van der Waals surface area contributed by atoms with Gasteiger partial charge >= 0.3 is 5.97 Å². The number of ether oxygens (including phenoxy) is 1. The lowest BCUT2D eigenvalue weighted by atomic mass is 10.3. The van der Waals surface area contributed by atoms with E-state index in [4.69, 9.17) is 9.84 Å². The van der Waals surface area contributed by atoms with E-state index < -0.39 is 11.8 Å². The van der Waals surface area contributed by atoms with Crippen molar-refractivity contribution in [3.63, 3.8) is 0 Å². The average Bonchev–Trinajstić information content (AvgIpc) is 2.80. The van der Waals surface area contributed by atoms with Gasteiger partial charge in [-0.15, -0.1) is 0 Å². The van der Waals surface area contributed by atoms with E-state index in [9.17, 15) is 9.18 Å². The quantitative estimate of drug-likeness (QED) is 0.831. The Labute approximate surface area is 125 Å². The van der Waals surface area contributed by atoms with E-state index in [0.717, 1.165) is 17.5 Å². The molecule has 1 N–H and O–H groups in total. The maximum absolute atomic E-state index is 13.9. The number of nitrogens with zero attached hydrogens (tertiary/aromatic N) is 2. The molecule has 0 spiro atoms. The minimum absolute atomic E-state index is 0.101. The third-order valence-corrected chi connectivity index (χ3v) is 3.64. The second-order valence-corrected chi connectivity index (χ2v) is 5.19. The number of carboxylic acid groups (broad SMARTS) is 1. The van der Waals surface area contributed by atoms with Crippen molar-refractivity contribution in [1.29, 1.82) is 0 Å². The van der Waals surface area contributed by atoms with Crippen LogP contribution in [0.25, 0.3) is 5.69 Å². The van der Waals surface area contributed by atoms with Gasteiger partial charge in [-0.3, -0.25) is 9.36 Å². The number of aryl methyl sites for hydroxylation is 1. The summed E-state index contributed by atoms with van der Waals surface area (Å²) in [5.74, 6) is -1.30. The zero-order valence-electron chi connectivity index (χ0n) is 11.7. The third kappa shape index (κ3) is 3.55. The number of hydrogen-bond donors (Lipinski definition) is 1. The van der Waals surface area contributed by atoms with Crippen LogP contribution in [0, 0.1) is 12.7 Å². The van der Waals surface area contributed by atoms with Crippen LogP contribution in [0.1, 0.15) is 12.6 Å². The normalized spacial score (nSPS) is 10.6. The Bertz CT molecular complexity index is 658. The van der Waals surface area contributed by atoms with Crippen LogP contribution in [0.5, 0.6) is 5.75 Å². The second kappa shape index (κ2) is 6.62. The van der Waals surface area contributed by atoms with Gasteiger partial charge in [0.2, 0.25) is 0 Å². The van der Waals surface area contributed by atoms with E-state index in [-0.39, 0.29) is 11.5 Å². The van der Waals surface area contributed by atoms with Crippen LogP contribution in [-0.4, -0.2) is 33.0 Å². The summed E-state index contributed by atoms with van der Waals surface area (Å²) in [6, 6.07) is 4.62. The predicted octanol–water partition coefficient (Wildman–Crippen LogP) is 2.90. The number of carbonyl (C=O) groups is 1. The van der Waals surface area contributed by atoms with Gasteiger partial charge in [0.05, 0.1) is 18.0 Å². The maximum Gasteiger partial charge on any atom is 0.313 e. The number of aliphatic carboxylic acids is 1. The Morgan fingerprint density at radius 2 is 2.29 bits per heavy atom.